The van der Waals surface area contributed by atoms with Gasteiger partial charge in [-0.3, -0.25) is 0 Å². The van der Waals surface area contributed by atoms with Crippen LogP contribution in [-0.4, -0.2) is 0 Å². The standard InChI is InChI=1S/C20H27ClN2/c1-5-14-9-13(8-12(4)19(14)22)10-16-11-15(6-2)20(23)17(7-3)18(16)21/h8-9,11H,5-7,10,22-23H2,1-4H3. The Balaban J connectivity index is 2.50. The van der Waals surface area contributed by atoms with Gasteiger partial charge in [0.05, 0.1) is 0 Å². The molecule has 0 heterocycles. The van der Waals surface area contributed by atoms with Crippen molar-refractivity contribution in [3.05, 3.63) is 56.6 Å². The van der Waals surface area contributed by atoms with E-state index in [0.29, 0.717) is 0 Å². The van der Waals surface area contributed by atoms with Crippen molar-refractivity contribution in [1.82, 2.24) is 0 Å². The number of anilines is 2. The highest BCUT2D eigenvalue weighted by Crippen LogP contribution is 2.33. The minimum absolute atomic E-state index is 0.813. The van der Waals surface area contributed by atoms with Gasteiger partial charge in [-0.05, 0) is 66.0 Å². The summed E-state index contributed by atoms with van der Waals surface area (Å²) in [5.41, 5.74) is 21.2. The molecule has 0 saturated carbocycles. The summed E-state index contributed by atoms with van der Waals surface area (Å²) in [4.78, 5) is 0. The molecule has 0 atom stereocenters. The third kappa shape index (κ3) is 3.48. The average molecular weight is 331 g/mol. The van der Waals surface area contributed by atoms with Crippen molar-refractivity contribution in [2.45, 2.75) is 53.4 Å². The smallest absolute Gasteiger partial charge is 0.0493 e. The largest absolute Gasteiger partial charge is 0.398 e. The number of halogens is 1. The van der Waals surface area contributed by atoms with Crippen molar-refractivity contribution >= 4 is 23.0 Å². The molecule has 4 N–H and O–H groups in total. The van der Waals surface area contributed by atoms with Crippen LogP contribution in [0.5, 0.6) is 0 Å². The van der Waals surface area contributed by atoms with Crippen LogP contribution in [0.15, 0.2) is 18.2 Å². The molecule has 0 fully saturated rings. The Kier molecular flexibility index (Phi) is 5.59. The van der Waals surface area contributed by atoms with Crippen LogP contribution in [0.1, 0.15) is 54.2 Å². The minimum atomic E-state index is 0.813. The normalized spacial score (nSPS) is 11.0. The lowest BCUT2D eigenvalue weighted by atomic mass is 9.93. The minimum Gasteiger partial charge on any atom is -0.398 e. The Morgan fingerprint density at radius 3 is 2.00 bits per heavy atom. The van der Waals surface area contributed by atoms with E-state index in [-0.39, 0.29) is 0 Å². The van der Waals surface area contributed by atoms with Crippen LogP contribution < -0.4 is 11.5 Å². The second-order valence-electron chi connectivity index (χ2n) is 6.12. The zero-order valence-electron chi connectivity index (χ0n) is 14.6. The topological polar surface area (TPSA) is 52.0 Å². The van der Waals surface area contributed by atoms with Gasteiger partial charge in [-0.1, -0.05) is 50.6 Å². The Morgan fingerprint density at radius 1 is 0.826 bits per heavy atom. The van der Waals surface area contributed by atoms with Crippen molar-refractivity contribution in [3.63, 3.8) is 0 Å². The molecule has 0 aliphatic heterocycles. The average Bonchev–Trinajstić information content (AvgIpc) is 2.53. The van der Waals surface area contributed by atoms with E-state index in [2.05, 4.69) is 45.9 Å². The van der Waals surface area contributed by atoms with Crippen molar-refractivity contribution in [2.75, 3.05) is 11.5 Å². The summed E-state index contributed by atoms with van der Waals surface area (Å²) in [7, 11) is 0. The van der Waals surface area contributed by atoms with E-state index >= 15 is 0 Å². The molecule has 23 heavy (non-hydrogen) atoms. The number of nitrogens with two attached hydrogens (primary N) is 2. The highest BCUT2D eigenvalue weighted by Gasteiger charge is 2.14. The van der Waals surface area contributed by atoms with Gasteiger partial charge in [-0.15, -0.1) is 0 Å². The Bertz CT molecular complexity index is 720. The van der Waals surface area contributed by atoms with Gasteiger partial charge in [-0.25, -0.2) is 0 Å². The van der Waals surface area contributed by atoms with Gasteiger partial charge in [-0.2, -0.15) is 0 Å². The fourth-order valence-corrected chi connectivity index (χ4v) is 3.55. The third-order valence-corrected chi connectivity index (χ3v) is 5.08. The Labute approximate surface area is 144 Å². The number of aryl methyl sites for hydroxylation is 3. The summed E-state index contributed by atoms with van der Waals surface area (Å²) in [6.07, 6.45) is 3.53. The molecule has 0 bridgehead atoms. The van der Waals surface area contributed by atoms with Gasteiger partial charge < -0.3 is 11.5 Å². The van der Waals surface area contributed by atoms with Gasteiger partial charge in [0, 0.05) is 16.4 Å². The Hall–Kier alpha value is -1.67. The van der Waals surface area contributed by atoms with Crippen LogP contribution >= 0.6 is 11.6 Å². The van der Waals surface area contributed by atoms with Crippen LogP contribution in [-0.2, 0) is 25.7 Å². The van der Waals surface area contributed by atoms with Crippen LogP contribution in [0.4, 0.5) is 11.4 Å². The highest BCUT2D eigenvalue weighted by molar-refractivity contribution is 6.32. The molecule has 0 amide bonds. The monoisotopic (exact) mass is 330 g/mol. The summed E-state index contributed by atoms with van der Waals surface area (Å²) < 4.78 is 0. The molecule has 2 rings (SSSR count). The maximum Gasteiger partial charge on any atom is 0.0493 e. The maximum absolute atomic E-state index is 6.63. The third-order valence-electron chi connectivity index (χ3n) is 4.61. The number of hydrogen-bond donors (Lipinski definition) is 2. The molecular formula is C20H27ClN2. The van der Waals surface area contributed by atoms with Crippen molar-refractivity contribution < 1.29 is 0 Å². The predicted octanol–water partition coefficient (Wildman–Crippen LogP) is 5.09. The molecule has 0 radical (unpaired) electrons. The van der Waals surface area contributed by atoms with Gasteiger partial charge >= 0.3 is 0 Å². The highest BCUT2D eigenvalue weighted by atomic mass is 35.5. The van der Waals surface area contributed by atoms with Gasteiger partial charge in [0.15, 0.2) is 0 Å². The summed E-state index contributed by atoms with van der Waals surface area (Å²) in [6, 6.07) is 6.53. The molecule has 3 heteroatoms. The molecule has 0 spiro atoms. The number of benzene rings is 2. The van der Waals surface area contributed by atoms with E-state index in [4.69, 9.17) is 23.1 Å². The second kappa shape index (κ2) is 7.27. The van der Waals surface area contributed by atoms with Gasteiger partial charge in [0.25, 0.3) is 0 Å². The van der Waals surface area contributed by atoms with Crippen molar-refractivity contribution in [3.8, 4) is 0 Å². The Morgan fingerprint density at radius 2 is 1.43 bits per heavy atom. The van der Waals surface area contributed by atoms with E-state index in [0.717, 1.165) is 58.8 Å². The number of rotatable bonds is 5. The van der Waals surface area contributed by atoms with Crippen LogP contribution in [0.2, 0.25) is 5.02 Å². The SMILES string of the molecule is CCc1cc(Cc2cc(CC)c(N)c(CC)c2Cl)cc(C)c1N. The lowest BCUT2D eigenvalue weighted by Crippen LogP contribution is -2.04. The van der Waals surface area contributed by atoms with E-state index in [1.165, 1.54) is 16.7 Å². The fourth-order valence-electron chi connectivity index (χ4n) is 3.19. The molecule has 2 aromatic carbocycles. The van der Waals surface area contributed by atoms with E-state index in [9.17, 15) is 0 Å². The van der Waals surface area contributed by atoms with Crippen molar-refractivity contribution in [2.24, 2.45) is 0 Å². The van der Waals surface area contributed by atoms with E-state index < -0.39 is 0 Å². The van der Waals surface area contributed by atoms with Crippen molar-refractivity contribution in [1.29, 1.82) is 0 Å². The summed E-state index contributed by atoms with van der Waals surface area (Å²) in [6.45, 7) is 8.43. The van der Waals surface area contributed by atoms with E-state index in [1.54, 1.807) is 0 Å². The molecule has 2 nitrogen and oxygen atoms in total. The first-order valence-electron chi connectivity index (χ1n) is 8.39. The molecule has 124 valence electrons. The zero-order chi connectivity index (χ0) is 17.1. The number of nitrogen functional groups attached to an aromatic ring is 2. The summed E-state index contributed by atoms with van der Waals surface area (Å²) in [5, 5.41) is 0.815. The molecule has 0 aromatic heterocycles. The summed E-state index contributed by atoms with van der Waals surface area (Å²) >= 11 is 6.63. The molecule has 0 aliphatic carbocycles. The van der Waals surface area contributed by atoms with Crippen LogP contribution in [0.25, 0.3) is 0 Å². The van der Waals surface area contributed by atoms with Crippen LogP contribution in [0.3, 0.4) is 0 Å². The first kappa shape index (κ1) is 17.7. The lowest BCUT2D eigenvalue weighted by Gasteiger charge is -2.17. The molecule has 0 unspecified atom stereocenters. The molecular weight excluding hydrogens is 304 g/mol. The first-order valence-corrected chi connectivity index (χ1v) is 8.77. The number of hydrogen-bond acceptors (Lipinski definition) is 2. The quantitative estimate of drug-likeness (QED) is 0.750. The molecule has 0 saturated heterocycles. The first-order chi connectivity index (χ1) is 10.9. The van der Waals surface area contributed by atoms with Crippen LogP contribution in [0, 0.1) is 6.92 Å². The second-order valence-corrected chi connectivity index (χ2v) is 6.50. The zero-order valence-corrected chi connectivity index (χ0v) is 15.3. The lowest BCUT2D eigenvalue weighted by molar-refractivity contribution is 1.05. The summed E-state index contributed by atoms with van der Waals surface area (Å²) in [5.74, 6) is 0. The predicted molar refractivity (Wildman–Crippen MR) is 102 cm³/mol. The molecule has 0 aliphatic rings. The van der Waals surface area contributed by atoms with E-state index in [1.807, 2.05) is 0 Å². The fraction of sp³-hybridized carbons (Fsp3) is 0.400. The van der Waals surface area contributed by atoms with Gasteiger partial charge in [0.1, 0.15) is 0 Å². The van der Waals surface area contributed by atoms with Gasteiger partial charge in [0.2, 0.25) is 0 Å². The maximum atomic E-state index is 6.63. The molecule has 2 aromatic rings.